The van der Waals surface area contributed by atoms with Crippen LogP contribution in [0.15, 0.2) is 41.5 Å². The van der Waals surface area contributed by atoms with Crippen LogP contribution in [0.3, 0.4) is 0 Å². The Hall–Kier alpha value is -3.16. The number of hydrogen-bond acceptors (Lipinski definition) is 4. The Balaban J connectivity index is 1.80. The number of hydrogen-bond donors (Lipinski definition) is 2. The number of nitrogens with one attached hydrogen (secondary N) is 2. The highest BCUT2D eigenvalue weighted by atomic mass is 16.2. The minimum absolute atomic E-state index is 0.00575. The van der Waals surface area contributed by atoms with Crippen molar-refractivity contribution in [2.24, 2.45) is 7.05 Å². The zero-order chi connectivity index (χ0) is 16.4. The Labute approximate surface area is 131 Å². The number of rotatable bonds is 4. The van der Waals surface area contributed by atoms with Crippen molar-refractivity contribution in [1.29, 1.82) is 0 Å². The third kappa shape index (κ3) is 2.91. The van der Waals surface area contributed by atoms with Gasteiger partial charge in [-0.05, 0) is 18.6 Å². The summed E-state index contributed by atoms with van der Waals surface area (Å²) in [6.45, 7) is 2.22. The van der Waals surface area contributed by atoms with Crippen molar-refractivity contribution >= 4 is 5.91 Å². The third-order valence-electron chi connectivity index (χ3n) is 3.50. The van der Waals surface area contributed by atoms with Crippen LogP contribution in [0.4, 0.5) is 0 Å². The van der Waals surface area contributed by atoms with Crippen LogP contribution in [0.1, 0.15) is 22.0 Å². The van der Waals surface area contributed by atoms with Crippen LogP contribution in [0.25, 0.3) is 5.69 Å². The average Bonchev–Trinajstić information content (AvgIpc) is 3.11. The van der Waals surface area contributed by atoms with E-state index in [1.807, 2.05) is 42.0 Å². The van der Waals surface area contributed by atoms with Gasteiger partial charge in [-0.3, -0.25) is 9.78 Å². The van der Waals surface area contributed by atoms with Gasteiger partial charge in [0.05, 0.1) is 5.69 Å². The standard InChI is InChI=1S/C15H16N6O2/c1-10-16-7-8-21(10)12-6-4-3-5-11(12)9-17-14(22)13-18-15(23)20(2)19-13/h3-8H,9H2,1-2H3,(H,17,22)(H,18,19,23). The number of carbonyl (C=O) groups excluding carboxylic acids is 1. The molecule has 23 heavy (non-hydrogen) atoms. The summed E-state index contributed by atoms with van der Waals surface area (Å²) >= 11 is 0. The number of amides is 1. The van der Waals surface area contributed by atoms with Crippen LogP contribution in [0.5, 0.6) is 0 Å². The Bertz CT molecular complexity index is 905. The molecule has 8 heteroatoms. The molecule has 0 bridgehead atoms. The lowest BCUT2D eigenvalue weighted by molar-refractivity contribution is 0.0940. The van der Waals surface area contributed by atoms with Gasteiger partial charge < -0.3 is 9.88 Å². The van der Waals surface area contributed by atoms with E-state index in [1.54, 1.807) is 6.20 Å². The first-order chi connectivity index (χ1) is 11.1. The topological polar surface area (TPSA) is 97.6 Å². The molecular formula is C15H16N6O2. The molecule has 3 rings (SSSR count). The summed E-state index contributed by atoms with van der Waals surface area (Å²) in [6.07, 6.45) is 3.59. The van der Waals surface area contributed by atoms with E-state index in [1.165, 1.54) is 7.05 Å². The molecule has 0 atom stereocenters. The maximum atomic E-state index is 12.1. The third-order valence-corrected chi connectivity index (χ3v) is 3.50. The smallest absolute Gasteiger partial charge is 0.343 e. The minimum Gasteiger partial charge on any atom is -0.345 e. The van der Waals surface area contributed by atoms with Gasteiger partial charge in [0, 0.05) is 26.0 Å². The van der Waals surface area contributed by atoms with E-state index >= 15 is 0 Å². The molecule has 2 aromatic heterocycles. The molecule has 1 amide bonds. The molecule has 0 aliphatic rings. The molecule has 8 nitrogen and oxygen atoms in total. The molecule has 0 saturated carbocycles. The highest BCUT2D eigenvalue weighted by molar-refractivity contribution is 5.90. The fourth-order valence-electron chi connectivity index (χ4n) is 2.29. The van der Waals surface area contributed by atoms with Gasteiger partial charge in [0.25, 0.3) is 5.91 Å². The van der Waals surface area contributed by atoms with Crippen LogP contribution >= 0.6 is 0 Å². The Kier molecular flexibility index (Phi) is 3.80. The average molecular weight is 312 g/mol. The molecule has 0 saturated heterocycles. The van der Waals surface area contributed by atoms with E-state index in [9.17, 15) is 9.59 Å². The predicted octanol–water partition coefficient (Wildman–Crippen LogP) is 0.533. The number of H-pyrrole nitrogens is 1. The van der Waals surface area contributed by atoms with E-state index in [2.05, 4.69) is 20.4 Å². The quantitative estimate of drug-likeness (QED) is 0.734. The van der Waals surface area contributed by atoms with E-state index in [0.717, 1.165) is 21.8 Å². The fraction of sp³-hybridized carbons (Fsp3) is 0.200. The second-order valence-corrected chi connectivity index (χ2v) is 5.06. The van der Waals surface area contributed by atoms with E-state index in [-0.39, 0.29) is 5.82 Å². The highest BCUT2D eigenvalue weighted by Gasteiger charge is 2.13. The first kappa shape index (κ1) is 14.8. The Morgan fingerprint density at radius 3 is 2.78 bits per heavy atom. The first-order valence-electron chi connectivity index (χ1n) is 7.06. The number of carbonyl (C=O) groups is 1. The van der Waals surface area contributed by atoms with Crippen molar-refractivity contribution in [1.82, 2.24) is 29.6 Å². The number of aromatic nitrogens is 5. The second kappa shape index (κ2) is 5.91. The fourth-order valence-corrected chi connectivity index (χ4v) is 2.29. The first-order valence-corrected chi connectivity index (χ1v) is 7.06. The molecule has 1 aromatic carbocycles. The second-order valence-electron chi connectivity index (χ2n) is 5.06. The molecule has 2 heterocycles. The van der Waals surface area contributed by atoms with Crippen LogP contribution < -0.4 is 11.0 Å². The van der Waals surface area contributed by atoms with Crippen LogP contribution in [0, 0.1) is 6.92 Å². The van der Waals surface area contributed by atoms with Gasteiger partial charge in [-0.25, -0.2) is 14.5 Å². The number of aromatic amines is 1. The summed E-state index contributed by atoms with van der Waals surface area (Å²) in [5, 5.41) is 6.59. The number of aryl methyl sites for hydroxylation is 2. The van der Waals surface area contributed by atoms with Gasteiger partial charge in [0.1, 0.15) is 5.82 Å². The van der Waals surface area contributed by atoms with Crippen molar-refractivity contribution in [2.45, 2.75) is 13.5 Å². The van der Waals surface area contributed by atoms with E-state index in [0.29, 0.717) is 6.54 Å². The van der Waals surface area contributed by atoms with Gasteiger partial charge in [-0.2, -0.15) is 0 Å². The Morgan fingerprint density at radius 2 is 2.13 bits per heavy atom. The van der Waals surface area contributed by atoms with Gasteiger partial charge >= 0.3 is 5.69 Å². The van der Waals surface area contributed by atoms with E-state index < -0.39 is 11.6 Å². The maximum Gasteiger partial charge on any atom is 0.343 e. The van der Waals surface area contributed by atoms with Crippen LogP contribution in [-0.4, -0.2) is 30.2 Å². The minimum atomic E-state index is -0.431. The van der Waals surface area contributed by atoms with E-state index in [4.69, 9.17) is 0 Å². The molecule has 0 aliphatic heterocycles. The molecule has 0 aliphatic carbocycles. The summed E-state index contributed by atoms with van der Waals surface area (Å²) in [4.78, 5) is 30.0. The van der Waals surface area contributed by atoms with Crippen molar-refractivity contribution in [3.8, 4) is 5.69 Å². The normalized spacial score (nSPS) is 10.7. The summed E-state index contributed by atoms with van der Waals surface area (Å²) in [5.41, 5.74) is 1.45. The maximum absolute atomic E-state index is 12.1. The molecule has 0 unspecified atom stereocenters. The lowest BCUT2D eigenvalue weighted by Gasteiger charge is -2.12. The molecule has 0 spiro atoms. The highest BCUT2D eigenvalue weighted by Crippen LogP contribution is 2.16. The SMILES string of the molecule is Cc1nccn1-c1ccccc1CNC(=O)c1nn(C)c(=O)[nH]1. The zero-order valence-electron chi connectivity index (χ0n) is 12.8. The number of benzene rings is 1. The van der Waals surface area contributed by atoms with Crippen molar-refractivity contribution in [3.05, 3.63) is 64.4 Å². The van der Waals surface area contributed by atoms with Crippen LogP contribution in [0.2, 0.25) is 0 Å². The monoisotopic (exact) mass is 312 g/mol. The molecule has 118 valence electrons. The molecule has 2 N–H and O–H groups in total. The van der Waals surface area contributed by atoms with Gasteiger partial charge in [0.15, 0.2) is 0 Å². The lowest BCUT2D eigenvalue weighted by atomic mass is 10.1. The van der Waals surface area contributed by atoms with Gasteiger partial charge in [-0.15, -0.1) is 5.10 Å². The van der Waals surface area contributed by atoms with Gasteiger partial charge in [-0.1, -0.05) is 18.2 Å². The molecule has 0 radical (unpaired) electrons. The van der Waals surface area contributed by atoms with Crippen LogP contribution in [-0.2, 0) is 13.6 Å². The van der Waals surface area contributed by atoms with Crippen molar-refractivity contribution in [3.63, 3.8) is 0 Å². The number of imidazole rings is 1. The summed E-state index contributed by atoms with van der Waals surface area (Å²) in [6, 6.07) is 7.71. The zero-order valence-corrected chi connectivity index (χ0v) is 12.8. The molecular weight excluding hydrogens is 296 g/mol. The summed E-state index contributed by atoms with van der Waals surface area (Å²) in [5.74, 6) is 0.423. The molecule has 3 aromatic rings. The number of nitrogens with zero attached hydrogens (tertiary/aromatic N) is 4. The predicted molar refractivity (Wildman–Crippen MR) is 83.3 cm³/mol. The van der Waals surface area contributed by atoms with Crippen molar-refractivity contribution < 1.29 is 4.79 Å². The summed E-state index contributed by atoms with van der Waals surface area (Å²) < 4.78 is 3.03. The number of para-hydroxylation sites is 1. The lowest BCUT2D eigenvalue weighted by Crippen LogP contribution is -2.25. The van der Waals surface area contributed by atoms with Gasteiger partial charge in [0.2, 0.25) is 5.82 Å². The summed E-state index contributed by atoms with van der Waals surface area (Å²) in [7, 11) is 1.48. The van der Waals surface area contributed by atoms with Crippen molar-refractivity contribution in [2.75, 3.05) is 0 Å². The largest absolute Gasteiger partial charge is 0.345 e. The molecule has 0 fully saturated rings. The Morgan fingerprint density at radius 1 is 1.35 bits per heavy atom.